The molecule has 1 saturated carbocycles. The molecule has 0 spiro atoms. The third-order valence-electron chi connectivity index (χ3n) is 4.65. The van der Waals surface area contributed by atoms with Gasteiger partial charge in [0.25, 0.3) is 5.69 Å². The molecule has 3 nitrogen and oxygen atoms in total. The minimum atomic E-state index is -0.339. The van der Waals surface area contributed by atoms with Crippen molar-refractivity contribution in [2.75, 3.05) is 0 Å². The summed E-state index contributed by atoms with van der Waals surface area (Å²) >= 11 is 3.85. The maximum Gasteiger partial charge on any atom is 0.269 e. The van der Waals surface area contributed by atoms with Gasteiger partial charge in [0.2, 0.25) is 0 Å². The van der Waals surface area contributed by atoms with Gasteiger partial charge in [-0.25, -0.2) is 0 Å². The van der Waals surface area contributed by atoms with Gasteiger partial charge >= 0.3 is 0 Å². The molecule has 2 rings (SSSR count). The Labute approximate surface area is 135 Å². The smallest absolute Gasteiger partial charge is 0.258 e. The number of aryl methyl sites for hydroxylation is 1. The van der Waals surface area contributed by atoms with Gasteiger partial charge in [0.15, 0.2) is 0 Å². The van der Waals surface area contributed by atoms with Crippen molar-refractivity contribution in [3.63, 3.8) is 0 Å². The molecular weight excluding hydrogens is 330 g/mol. The summed E-state index contributed by atoms with van der Waals surface area (Å²) in [5, 5.41) is 10.7. The van der Waals surface area contributed by atoms with E-state index in [4.69, 9.17) is 0 Å². The molecule has 1 aromatic carbocycles. The van der Waals surface area contributed by atoms with E-state index in [1.165, 1.54) is 44.1 Å². The molecule has 1 aliphatic carbocycles. The maximum absolute atomic E-state index is 10.7. The monoisotopic (exact) mass is 353 g/mol. The van der Waals surface area contributed by atoms with Gasteiger partial charge in [0.1, 0.15) is 0 Å². The van der Waals surface area contributed by atoms with Gasteiger partial charge in [-0.05, 0) is 49.5 Å². The second kappa shape index (κ2) is 7.92. The van der Waals surface area contributed by atoms with Crippen LogP contribution in [-0.2, 0) is 6.42 Å². The van der Waals surface area contributed by atoms with E-state index in [1.807, 2.05) is 12.1 Å². The number of halogens is 1. The van der Waals surface area contributed by atoms with Crippen molar-refractivity contribution in [1.29, 1.82) is 0 Å². The van der Waals surface area contributed by atoms with E-state index in [-0.39, 0.29) is 10.6 Å². The van der Waals surface area contributed by atoms with Crippen LogP contribution >= 0.6 is 15.9 Å². The average Bonchev–Trinajstić information content (AvgIpc) is 2.48. The van der Waals surface area contributed by atoms with Crippen LogP contribution in [0.5, 0.6) is 0 Å². The van der Waals surface area contributed by atoms with E-state index < -0.39 is 0 Å². The Morgan fingerprint density at radius 3 is 2.57 bits per heavy atom. The Morgan fingerprint density at radius 1 is 1.24 bits per heavy atom. The molecular formula is C17H24BrNO2. The fourth-order valence-electron chi connectivity index (χ4n) is 3.43. The first kappa shape index (κ1) is 16.5. The van der Waals surface area contributed by atoms with Crippen LogP contribution in [-0.4, -0.2) is 9.75 Å². The molecule has 116 valence electrons. The second-order valence-electron chi connectivity index (χ2n) is 6.21. The van der Waals surface area contributed by atoms with Crippen molar-refractivity contribution in [3.05, 3.63) is 39.9 Å². The van der Waals surface area contributed by atoms with Crippen molar-refractivity contribution >= 4 is 21.6 Å². The fourth-order valence-corrected chi connectivity index (χ4v) is 4.17. The Bertz CT molecular complexity index is 460. The quantitative estimate of drug-likeness (QED) is 0.384. The SMILES string of the molecule is CCCC1CCC(Br)C(CCc2ccc([N+](=O)[O-])cc2)C1. The zero-order valence-corrected chi connectivity index (χ0v) is 14.2. The van der Waals surface area contributed by atoms with E-state index in [1.54, 1.807) is 12.1 Å². The number of benzene rings is 1. The minimum absolute atomic E-state index is 0.179. The van der Waals surface area contributed by atoms with Crippen molar-refractivity contribution in [1.82, 2.24) is 0 Å². The van der Waals surface area contributed by atoms with Crippen molar-refractivity contribution in [2.24, 2.45) is 11.8 Å². The van der Waals surface area contributed by atoms with Gasteiger partial charge in [-0.2, -0.15) is 0 Å². The van der Waals surface area contributed by atoms with E-state index >= 15 is 0 Å². The Morgan fingerprint density at radius 2 is 1.95 bits per heavy atom. The van der Waals surface area contributed by atoms with E-state index in [9.17, 15) is 10.1 Å². The van der Waals surface area contributed by atoms with Crippen molar-refractivity contribution in [3.8, 4) is 0 Å². The minimum Gasteiger partial charge on any atom is -0.258 e. The van der Waals surface area contributed by atoms with Crippen LogP contribution in [0.2, 0.25) is 0 Å². The molecule has 1 fully saturated rings. The third-order valence-corrected chi connectivity index (χ3v) is 5.85. The predicted octanol–water partition coefficient (Wildman–Crippen LogP) is 5.51. The zero-order valence-electron chi connectivity index (χ0n) is 12.6. The van der Waals surface area contributed by atoms with Crippen molar-refractivity contribution in [2.45, 2.75) is 56.7 Å². The highest BCUT2D eigenvalue weighted by molar-refractivity contribution is 9.09. The average molecular weight is 354 g/mol. The Hall–Kier alpha value is -0.900. The van der Waals surface area contributed by atoms with Crippen LogP contribution in [0.15, 0.2) is 24.3 Å². The topological polar surface area (TPSA) is 43.1 Å². The summed E-state index contributed by atoms with van der Waals surface area (Å²) in [6.45, 7) is 2.27. The summed E-state index contributed by atoms with van der Waals surface area (Å²) in [7, 11) is 0. The zero-order chi connectivity index (χ0) is 15.2. The number of hydrogen-bond donors (Lipinski definition) is 0. The molecule has 0 saturated heterocycles. The van der Waals surface area contributed by atoms with Gasteiger partial charge in [-0.3, -0.25) is 10.1 Å². The number of hydrogen-bond acceptors (Lipinski definition) is 2. The number of nitrogens with zero attached hydrogens (tertiary/aromatic N) is 1. The highest BCUT2D eigenvalue weighted by atomic mass is 79.9. The third kappa shape index (κ3) is 4.80. The summed E-state index contributed by atoms with van der Waals surface area (Å²) in [5.74, 6) is 1.64. The summed E-state index contributed by atoms with van der Waals surface area (Å²) in [5.41, 5.74) is 1.38. The van der Waals surface area contributed by atoms with Gasteiger partial charge in [0, 0.05) is 17.0 Å². The maximum atomic E-state index is 10.7. The first-order valence-electron chi connectivity index (χ1n) is 7.97. The molecule has 0 N–H and O–H groups in total. The molecule has 0 aromatic heterocycles. The van der Waals surface area contributed by atoms with E-state index in [0.717, 1.165) is 18.3 Å². The van der Waals surface area contributed by atoms with Gasteiger partial charge in [-0.1, -0.05) is 47.8 Å². The van der Waals surface area contributed by atoms with Gasteiger partial charge in [0.05, 0.1) is 4.92 Å². The standard InChI is InChI=1S/C17H24BrNO2/c1-2-3-14-7-11-17(18)15(12-14)8-4-13-5-9-16(10-6-13)19(20)21/h5-6,9-10,14-15,17H,2-4,7-8,11-12H2,1H3. The molecule has 21 heavy (non-hydrogen) atoms. The first-order chi connectivity index (χ1) is 10.1. The molecule has 3 atom stereocenters. The number of non-ortho nitro benzene ring substituents is 1. The Kier molecular flexibility index (Phi) is 6.22. The molecule has 0 amide bonds. The Balaban J connectivity index is 1.87. The predicted molar refractivity (Wildman–Crippen MR) is 89.9 cm³/mol. The normalized spacial score (nSPS) is 25.7. The van der Waals surface area contributed by atoms with E-state index in [0.29, 0.717) is 4.83 Å². The van der Waals surface area contributed by atoms with Crippen LogP contribution in [0.3, 0.4) is 0 Å². The summed E-state index contributed by atoms with van der Waals surface area (Å²) < 4.78 is 0. The van der Waals surface area contributed by atoms with Crippen molar-refractivity contribution < 1.29 is 4.92 Å². The lowest BCUT2D eigenvalue weighted by Gasteiger charge is -2.33. The number of nitro benzene ring substituents is 1. The van der Waals surface area contributed by atoms with Gasteiger partial charge < -0.3 is 0 Å². The number of nitro groups is 1. The summed E-state index contributed by atoms with van der Waals surface area (Å²) in [4.78, 5) is 11.0. The number of rotatable bonds is 6. The summed E-state index contributed by atoms with van der Waals surface area (Å²) in [6, 6.07) is 7.02. The van der Waals surface area contributed by atoms with Crippen LogP contribution in [0.4, 0.5) is 5.69 Å². The van der Waals surface area contributed by atoms with Gasteiger partial charge in [-0.15, -0.1) is 0 Å². The van der Waals surface area contributed by atoms with Crippen LogP contribution in [0.25, 0.3) is 0 Å². The molecule has 0 aliphatic heterocycles. The molecule has 1 aromatic rings. The lowest BCUT2D eigenvalue weighted by atomic mass is 9.77. The first-order valence-corrected chi connectivity index (χ1v) is 8.89. The fraction of sp³-hybridized carbons (Fsp3) is 0.647. The van der Waals surface area contributed by atoms with Crippen LogP contribution < -0.4 is 0 Å². The highest BCUT2D eigenvalue weighted by Crippen LogP contribution is 2.38. The summed E-state index contributed by atoms with van der Waals surface area (Å²) in [6.07, 6.45) is 8.81. The van der Waals surface area contributed by atoms with Crippen LogP contribution in [0.1, 0.15) is 51.0 Å². The molecule has 0 heterocycles. The van der Waals surface area contributed by atoms with E-state index in [2.05, 4.69) is 22.9 Å². The highest BCUT2D eigenvalue weighted by Gasteiger charge is 2.28. The lowest BCUT2D eigenvalue weighted by molar-refractivity contribution is -0.384. The molecule has 0 bridgehead atoms. The molecule has 4 heteroatoms. The molecule has 1 aliphatic rings. The largest absolute Gasteiger partial charge is 0.269 e. The number of alkyl halides is 1. The molecule has 3 unspecified atom stereocenters. The second-order valence-corrected chi connectivity index (χ2v) is 7.38. The van der Waals surface area contributed by atoms with Crippen LogP contribution in [0, 0.1) is 22.0 Å². The lowest BCUT2D eigenvalue weighted by Crippen LogP contribution is -2.25. The molecule has 0 radical (unpaired) electrons.